The van der Waals surface area contributed by atoms with Crippen LogP contribution in [-0.2, 0) is 11.3 Å². The van der Waals surface area contributed by atoms with Crippen LogP contribution in [0.4, 0.5) is 5.82 Å². The fourth-order valence-corrected chi connectivity index (χ4v) is 6.71. The van der Waals surface area contributed by atoms with Crippen LogP contribution >= 0.6 is 11.3 Å². The number of ether oxygens (including phenoxy) is 1. The van der Waals surface area contributed by atoms with Gasteiger partial charge in [-0.3, -0.25) is 10.00 Å². The molecule has 1 N–H and O–H groups in total. The molecule has 3 aromatic heterocycles. The van der Waals surface area contributed by atoms with E-state index in [0.717, 1.165) is 66.5 Å². The number of hydrogen-bond donors (Lipinski definition) is 1. The zero-order valence-electron chi connectivity index (χ0n) is 21.4. The van der Waals surface area contributed by atoms with Gasteiger partial charge in [0, 0.05) is 47.5 Å². The van der Waals surface area contributed by atoms with Gasteiger partial charge in [-0.15, -0.1) is 11.3 Å². The molecule has 4 aromatic rings. The van der Waals surface area contributed by atoms with Crippen molar-refractivity contribution < 1.29 is 4.74 Å². The Hall–Kier alpha value is -2.59. The number of benzene rings is 1. The lowest BCUT2D eigenvalue weighted by Crippen LogP contribution is -2.45. The lowest BCUT2D eigenvalue weighted by molar-refractivity contribution is 0.105. The van der Waals surface area contributed by atoms with Crippen molar-refractivity contribution in [3.63, 3.8) is 0 Å². The molecule has 36 heavy (non-hydrogen) atoms. The Kier molecular flexibility index (Phi) is 6.64. The molecule has 2 fully saturated rings. The number of morpholine rings is 1. The van der Waals surface area contributed by atoms with Crippen LogP contribution in [0.15, 0.2) is 30.5 Å². The molecule has 2 saturated heterocycles. The van der Waals surface area contributed by atoms with Crippen molar-refractivity contribution in [2.24, 2.45) is 0 Å². The van der Waals surface area contributed by atoms with Crippen LogP contribution in [-0.4, -0.2) is 88.5 Å². The van der Waals surface area contributed by atoms with Crippen LogP contribution in [0.3, 0.4) is 0 Å². The summed E-state index contributed by atoms with van der Waals surface area (Å²) >= 11 is 1.85. The number of rotatable bonds is 6. The second-order valence-corrected chi connectivity index (χ2v) is 11.4. The molecular weight excluding hydrogens is 470 g/mol. The van der Waals surface area contributed by atoms with Crippen LogP contribution < -0.4 is 4.90 Å². The first-order valence-corrected chi connectivity index (χ1v) is 13.9. The Balaban J connectivity index is 1.33. The topological polar surface area (TPSA) is 73.4 Å². The van der Waals surface area contributed by atoms with Crippen molar-refractivity contribution >= 4 is 38.3 Å². The number of fused-ring (bicyclic) bond motifs is 2. The first-order chi connectivity index (χ1) is 17.6. The van der Waals surface area contributed by atoms with Crippen molar-refractivity contribution in [2.75, 3.05) is 51.3 Å². The van der Waals surface area contributed by atoms with E-state index < -0.39 is 0 Å². The highest BCUT2D eigenvalue weighted by molar-refractivity contribution is 7.19. The number of piperidine rings is 1. The molecule has 2 aliphatic rings. The standard InChI is InChI=1S/C27H35N7OS/c1-18(2)33-9-7-19(8-10-33)32(3)17-20-15-24-25(36-20)27(34-11-13-35-14-12-34)30-26(29-24)21-5-4-6-23-22(21)16-28-31-23/h4-6,15-16,18-19H,7-14,17H2,1-3H3,(H,28,31). The highest BCUT2D eigenvalue weighted by Crippen LogP contribution is 2.36. The third kappa shape index (κ3) is 4.61. The van der Waals surface area contributed by atoms with Gasteiger partial charge >= 0.3 is 0 Å². The smallest absolute Gasteiger partial charge is 0.162 e. The van der Waals surface area contributed by atoms with E-state index in [1.807, 2.05) is 29.7 Å². The van der Waals surface area contributed by atoms with Crippen LogP contribution in [0.2, 0.25) is 0 Å². The molecule has 0 atom stereocenters. The molecule has 2 aliphatic heterocycles. The van der Waals surface area contributed by atoms with E-state index in [9.17, 15) is 0 Å². The maximum absolute atomic E-state index is 5.64. The van der Waals surface area contributed by atoms with Gasteiger partial charge in [0.15, 0.2) is 11.6 Å². The number of likely N-dealkylation sites (tertiary alicyclic amines) is 1. The Morgan fingerprint density at radius 2 is 1.94 bits per heavy atom. The first kappa shape index (κ1) is 23.8. The summed E-state index contributed by atoms with van der Waals surface area (Å²) in [5.41, 5.74) is 3.05. The second kappa shape index (κ2) is 10.0. The average Bonchev–Trinajstić information content (AvgIpc) is 3.55. The van der Waals surface area contributed by atoms with Gasteiger partial charge in [-0.1, -0.05) is 12.1 Å². The lowest BCUT2D eigenvalue weighted by atomic mass is 10.0. The summed E-state index contributed by atoms with van der Waals surface area (Å²) < 4.78 is 6.82. The Bertz CT molecular complexity index is 1330. The monoisotopic (exact) mass is 505 g/mol. The number of hydrogen-bond acceptors (Lipinski definition) is 8. The lowest BCUT2D eigenvalue weighted by Gasteiger charge is -2.38. The van der Waals surface area contributed by atoms with Gasteiger partial charge in [0.25, 0.3) is 0 Å². The molecule has 0 bridgehead atoms. The van der Waals surface area contributed by atoms with Crippen molar-refractivity contribution in [3.8, 4) is 11.4 Å². The fraction of sp³-hybridized carbons (Fsp3) is 0.519. The van der Waals surface area contributed by atoms with Crippen molar-refractivity contribution in [2.45, 2.75) is 45.3 Å². The highest BCUT2D eigenvalue weighted by Gasteiger charge is 2.25. The number of anilines is 1. The van der Waals surface area contributed by atoms with Crippen LogP contribution in [0.5, 0.6) is 0 Å². The van der Waals surface area contributed by atoms with E-state index in [1.165, 1.54) is 35.5 Å². The molecule has 1 aromatic carbocycles. The number of nitrogens with zero attached hydrogens (tertiary/aromatic N) is 6. The van der Waals surface area contributed by atoms with Crippen molar-refractivity contribution in [3.05, 3.63) is 35.3 Å². The van der Waals surface area contributed by atoms with Crippen molar-refractivity contribution in [1.82, 2.24) is 30.0 Å². The number of nitrogens with one attached hydrogen (secondary N) is 1. The molecule has 0 radical (unpaired) electrons. The quantitative estimate of drug-likeness (QED) is 0.417. The van der Waals surface area contributed by atoms with E-state index in [-0.39, 0.29) is 0 Å². The van der Waals surface area contributed by atoms with E-state index >= 15 is 0 Å². The van der Waals surface area contributed by atoms with E-state index in [2.05, 4.69) is 57.9 Å². The summed E-state index contributed by atoms with van der Waals surface area (Å²) in [5.74, 6) is 1.79. The Morgan fingerprint density at radius 3 is 2.72 bits per heavy atom. The Morgan fingerprint density at radius 1 is 1.14 bits per heavy atom. The SMILES string of the molecule is CC(C)N1CCC(N(C)Cc2cc3nc(-c4cccc5[nH]ncc45)nc(N4CCOCC4)c3s2)CC1. The normalized spacial score (nSPS) is 18.3. The molecule has 0 amide bonds. The maximum atomic E-state index is 5.64. The Labute approximate surface area is 216 Å². The average molecular weight is 506 g/mol. The van der Waals surface area contributed by atoms with Crippen LogP contribution in [0.1, 0.15) is 31.6 Å². The second-order valence-electron chi connectivity index (χ2n) is 10.3. The van der Waals surface area contributed by atoms with Gasteiger partial charge in [-0.05, 0) is 59.0 Å². The van der Waals surface area contributed by atoms with E-state index in [4.69, 9.17) is 14.7 Å². The van der Waals surface area contributed by atoms with Gasteiger partial charge in [0.2, 0.25) is 0 Å². The number of aromatic nitrogens is 4. The molecule has 6 rings (SSSR count). The number of aromatic amines is 1. The largest absolute Gasteiger partial charge is 0.378 e. The molecule has 8 nitrogen and oxygen atoms in total. The minimum atomic E-state index is 0.629. The summed E-state index contributed by atoms with van der Waals surface area (Å²) in [4.78, 5) is 19.1. The minimum Gasteiger partial charge on any atom is -0.378 e. The molecule has 190 valence electrons. The molecule has 5 heterocycles. The first-order valence-electron chi connectivity index (χ1n) is 13.1. The van der Waals surface area contributed by atoms with Crippen LogP contribution in [0.25, 0.3) is 32.5 Å². The molecule has 0 unspecified atom stereocenters. The minimum absolute atomic E-state index is 0.629. The fourth-order valence-electron chi connectivity index (χ4n) is 5.53. The predicted molar refractivity (Wildman–Crippen MR) is 147 cm³/mol. The predicted octanol–water partition coefficient (Wildman–Crippen LogP) is 4.38. The summed E-state index contributed by atoms with van der Waals surface area (Å²) in [6.07, 6.45) is 4.33. The van der Waals surface area contributed by atoms with Gasteiger partial charge in [-0.25, -0.2) is 9.97 Å². The van der Waals surface area contributed by atoms with Gasteiger partial charge in [-0.2, -0.15) is 5.10 Å². The number of H-pyrrole nitrogens is 1. The maximum Gasteiger partial charge on any atom is 0.162 e. The highest BCUT2D eigenvalue weighted by atomic mass is 32.1. The molecule has 0 aliphatic carbocycles. The zero-order valence-corrected chi connectivity index (χ0v) is 22.2. The summed E-state index contributed by atoms with van der Waals surface area (Å²) in [6.45, 7) is 11.1. The third-order valence-electron chi connectivity index (χ3n) is 7.70. The molecule has 0 saturated carbocycles. The summed E-state index contributed by atoms with van der Waals surface area (Å²) in [6, 6.07) is 9.72. The summed E-state index contributed by atoms with van der Waals surface area (Å²) in [7, 11) is 2.28. The zero-order chi connectivity index (χ0) is 24.6. The third-order valence-corrected chi connectivity index (χ3v) is 8.80. The molecule has 0 spiro atoms. The number of thiophene rings is 1. The van der Waals surface area contributed by atoms with Gasteiger partial charge in [0.1, 0.15) is 0 Å². The van der Waals surface area contributed by atoms with Gasteiger partial charge in [0.05, 0.1) is 35.1 Å². The van der Waals surface area contributed by atoms with Crippen LogP contribution in [0, 0.1) is 0 Å². The van der Waals surface area contributed by atoms with Crippen molar-refractivity contribution in [1.29, 1.82) is 0 Å². The summed E-state index contributed by atoms with van der Waals surface area (Å²) in [5, 5.41) is 8.36. The molecule has 9 heteroatoms. The molecular formula is C27H35N7OS. The van der Waals surface area contributed by atoms with E-state index in [0.29, 0.717) is 12.1 Å². The van der Waals surface area contributed by atoms with E-state index in [1.54, 1.807) is 0 Å². The van der Waals surface area contributed by atoms with Gasteiger partial charge < -0.3 is 14.5 Å².